The Kier molecular flexibility index (Phi) is 2.75. The summed E-state index contributed by atoms with van der Waals surface area (Å²) >= 11 is 0. The molecule has 0 amide bonds. The van der Waals surface area contributed by atoms with E-state index >= 15 is 0 Å². The summed E-state index contributed by atoms with van der Waals surface area (Å²) in [6.07, 6.45) is 2.51. The van der Waals surface area contributed by atoms with Gasteiger partial charge in [0.2, 0.25) is 0 Å². The Balaban J connectivity index is 3.04. The number of nitrogens with zero attached hydrogens (tertiary/aromatic N) is 2. The molecule has 0 aliphatic rings. The lowest BCUT2D eigenvalue weighted by Gasteiger charge is -2.07. The maximum atomic E-state index is 11.6. The Labute approximate surface area is 82.7 Å². The molecule has 0 saturated carbocycles. The molecule has 1 heterocycles. The molecule has 0 fully saturated rings. The normalized spacial score (nSPS) is 13.9. The molecule has 14 heavy (non-hydrogen) atoms. The van der Waals surface area contributed by atoms with Crippen LogP contribution in [0.4, 0.5) is 0 Å². The van der Waals surface area contributed by atoms with E-state index in [1.807, 2.05) is 0 Å². The van der Waals surface area contributed by atoms with E-state index in [1.54, 1.807) is 7.05 Å². The zero-order valence-electron chi connectivity index (χ0n) is 8.26. The Morgan fingerprint density at radius 1 is 1.57 bits per heavy atom. The highest BCUT2D eigenvalue weighted by Crippen LogP contribution is 2.07. The van der Waals surface area contributed by atoms with Crippen molar-refractivity contribution in [3.63, 3.8) is 0 Å². The van der Waals surface area contributed by atoms with Crippen molar-refractivity contribution in [1.29, 1.82) is 0 Å². The molecule has 1 aromatic rings. The number of sulfone groups is 1. The predicted octanol–water partition coefficient (Wildman–Crippen LogP) is 0.0359. The molecule has 1 atom stereocenters. The molecule has 6 heteroatoms. The molecule has 0 saturated heterocycles. The first-order valence-electron chi connectivity index (χ1n) is 4.05. The lowest BCUT2D eigenvalue weighted by Crippen LogP contribution is -2.27. The van der Waals surface area contributed by atoms with Crippen molar-refractivity contribution in [2.45, 2.75) is 12.2 Å². The molecule has 0 N–H and O–H groups in total. The van der Waals surface area contributed by atoms with Gasteiger partial charge in [0.05, 0.1) is 0 Å². The third kappa shape index (κ3) is 2.01. The minimum atomic E-state index is -3.34. The molecule has 0 aliphatic heterocycles. The molecule has 0 aliphatic carbocycles. The largest absolute Gasteiger partial charge is 0.291 e. The highest BCUT2D eigenvalue weighted by molar-refractivity contribution is 7.92. The van der Waals surface area contributed by atoms with Crippen molar-refractivity contribution in [3.8, 4) is 0 Å². The molecular formula is C8H12N2O3S. The molecular weight excluding hydrogens is 204 g/mol. The fourth-order valence-electron chi connectivity index (χ4n) is 1.02. The number of carbonyl (C=O) groups is 1. The van der Waals surface area contributed by atoms with Crippen LogP contribution in [0.15, 0.2) is 12.3 Å². The quantitative estimate of drug-likeness (QED) is 0.669. The molecule has 1 unspecified atom stereocenters. The molecule has 0 bridgehead atoms. The monoisotopic (exact) mass is 216 g/mol. The van der Waals surface area contributed by atoms with Crippen LogP contribution in [0.5, 0.6) is 0 Å². The number of hydrogen-bond acceptors (Lipinski definition) is 4. The van der Waals surface area contributed by atoms with E-state index in [1.165, 1.54) is 23.9 Å². The molecule has 0 radical (unpaired) electrons. The van der Waals surface area contributed by atoms with Crippen LogP contribution in [0.3, 0.4) is 0 Å². The van der Waals surface area contributed by atoms with E-state index < -0.39 is 20.9 Å². The van der Waals surface area contributed by atoms with E-state index in [0.717, 1.165) is 6.26 Å². The number of hydrogen-bond donors (Lipinski definition) is 0. The molecule has 0 spiro atoms. The Bertz CT molecular complexity index is 447. The van der Waals surface area contributed by atoms with Crippen LogP contribution in [0.1, 0.15) is 17.4 Å². The van der Waals surface area contributed by atoms with Crippen LogP contribution in [-0.2, 0) is 16.9 Å². The average Bonchev–Trinajstić information content (AvgIpc) is 2.47. The summed E-state index contributed by atoms with van der Waals surface area (Å²) in [4.78, 5) is 11.6. The van der Waals surface area contributed by atoms with Gasteiger partial charge in [-0.2, -0.15) is 5.10 Å². The van der Waals surface area contributed by atoms with Gasteiger partial charge in [-0.25, -0.2) is 8.42 Å². The second-order valence-corrected chi connectivity index (χ2v) is 5.54. The Morgan fingerprint density at radius 2 is 2.14 bits per heavy atom. The number of aryl methyl sites for hydroxylation is 1. The fourth-order valence-corrected chi connectivity index (χ4v) is 1.53. The molecule has 5 nitrogen and oxygen atoms in total. The topological polar surface area (TPSA) is 69.0 Å². The number of ketones is 1. The fraction of sp³-hybridized carbons (Fsp3) is 0.500. The van der Waals surface area contributed by atoms with Gasteiger partial charge in [0.25, 0.3) is 0 Å². The Hall–Kier alpha value is -1.17. The van der Waals surface area contributed by atoms with Gasteiger partial charge in [-0.3, -0.25) is 9.48 Å². The minimum Gasteiger partial charge on any atom is -0.291 e. The van der Waals surface area contributed by atoms with E-state index in [-0.39, 0.29) is 0 Å². The minimum absolute atomic E-state index is 0.308. The highest BCUT2D eigenvalue weighted by atomic mass is 32.2. The second kappa shape index (κ2) is 3.53. The van der Waals surface area contributed by atoms with Gasteiger partial charge in [0, 0.05) is 19.5 Å². The van der Waals surface area contributed by atoms with E-state index in [0.29, 0.717) is 5.69 Å². The van der Waals surface area contributed by atoms with Gasteiger partial charge in [-0.15, -0.1) is 0 Å². The Morgan fingerprint density at radius 3 is 2.50 bits per heavy atom. The maximum Gasteiger partial charge on any atom is 0.198 e. The van der Waals surface area contributed by atoms with Crippen LogP contribution >= 0.6 is 0 Å². The zero-order chi connectivity index (χ0) is 10.9. The average molecular weight is 216 g/mol. The van der Waals surface area contributed by atoms with Crippen LogP contribution in [0.25, 0.3) is 0 Å². The van der Waals surface area contributed by atoms with Gasteiger partial charge in [-0.1, -0.05) is 0 Å². The zero-order valence-corrected chi connectivity index (χ0v) is 9.08. The summed E-state index contributed by atoms with van der Waals surface area (Å²) < 4.78 is 23.6. The van der Waals surface area contributed by atoms with Gasteiger partial charge in [0.1, 0.15) is 10.9 Å². The van der Waals surface area contributed by atoms with Gasteiger partial charge >= 0.3 is 0 Å². The van der Waals surface area contributed by atoms with E-state index in [9.17, 15) is 13.2 Å². The third-order valence-corrected chi connectivity index (χ3v) is 3.58. The van der Waals surface area contributed by atoms with Crippen LogP contribution in [0.2, 0.25) is 0 Å². The predicted molar refractivity (Wildman–Crippen MR) is 51.8 cm³/mol. The summed E-state index contributed by atoms with van der Waals surface area (Å²) in [6.45, 7) is 1.38. The van der Waals surface area contributed by atoms with Gasteiger partial charge < -0.3 is 0 Å². The van der Waals surface area contributed by atoms with Crippen molar-refractivity contribution >= 4 is 15.6 Å². The molecule has 78 valence electrons. The first kappa shape index (κ1) is 10.9. The summed E-state index contributed by atoms with van der Waals surface area (Å²) in [7, 11) is -1.74. The lowest BCUT2D eigenvalue weighted by atomic mass is 10.2. The summed E-state index contributed by atoms with van der Waals surface area (Å²) in [5.74, 6) is -0.424. The SMILES string of the molecule is CC(C(=O)c1ccnn1C)S(C)(=O)=O. The van der Waals surface area contributed by atoms with Gasteiger partial charge in [-0.05, 0) is 13.0 Å². The first-order chi connectivity index (χ1) is 6.34. The molecule has 1 rings (SSSR count). The first-order valence-corrected chi connectivity index (χ1v) is 6.00. The third-order valence-electron chi connectivity index (χ3n) is 2.08. The van der Waals surface area contributed by atoms with Crippen molar-refractivity contribution < 1.29 is 13.2 Å². The maximum absolute atomic E-state index is 11.6. The highest BCUT2D eigenvalue weighted by Gasteiger charge is 2.26. The van der Waals surface area contributed by atoms with Crippen LogP contribution < -0.4 is 0 Å². The lowest BCUT2D eigenvalue weighted by molar-refractivity contribution is 0.0982. The van der Waals surface area contributed by atoms with Crippen LogP contribution in [0, 0.1) is 0 Å². The summed E-state index contributed by atoms with van der Waals surface area (Å²) in [5.41, 5.74) is 0.308. The number of rotatable bonds is 3. The van der Waals surface area contributed by atoms with Crippen molar-refractivity contribution in [1.82, 2.24) is 9.78 Å². The summed E-state index contributed by atoms with van der Waals surface area (Å²) in [6, 6.07) is 1.50. The second-order valence-electron chi connectivity index (χ2n) is 3.18. The number of aromatic nitrogens is 2. The smallest absolute Gasteiger partial charge is 0.198 e. The van der Waals surface area contributed by atoms with Crippen molar-refractivity contribution in [3.05, 3.63) is 18.0 Å². The van der Waals surface area contributed by atoms with E-state index in [4.69, 9.17) is 0 Å². The van der Waals surface area contributed by atoms with Crippen molar-refractivity contribution in [2.24, 2.45) is 7.05 Å². The van der Waals surface area contributed by atoms with E-state index in [2.05, 4.69) is 5.10 Å². The standard InChI is InChI=1S/C8H12N2O3S/c1-6(14(3,12)13)8(11)7-4-5-9-10(7)2/h4-6H,1-3H3. The molecule has 0 aromatic carbocycles. The van der Waals surface area contributed by atoms with Crippen LogP contribution in [-0.4, -0.2) is 35.5 Å². The van der Waals surface area contributed by atoms with Crippen molar-refractivity contribution in [2.75, 3.05) is 6.26 Å². The molecule has 1 aromatic heterocycles. The van der Waals surface area contributed by atoms with Gasteiger partial charge in [0.15, 0.2) is 15.6 Å². The number of Topliss-reactive ketones (excluding diaryl/α,β-unsaturated/α-hetero) is 1. The summed E-state index contributed by atoms with van der Waals surface area (Å²) in [5, 5.41) is 2.79. The number of carbonyl (C=O) groups excluding carboxylic acids is 1.